The lowest BCUT2D eigenvalue weighted by atomic mass is 10.00. The number of aromatic hydroxyl groups is 1. The van der Waals surface area contributed by atoms with Crippen LogP contribution in [0, 0.1) is 0 Å². The summed E-state index contributed by atoms with van der Waals surface area (Å²) >= 11 is 1.52. The highest BCUT2D eigenvalue weighted by Crippen LogP contribution is 2.35. The minimum atomic E-state index is -3.26. The molecule has 5 nitrogen and oxygen atoms in total. The van der Waals surface area contributed by atoms with Gasteiger partial charge in [-0.15, -0.1) is 11.3 Å². The molecule has 0 saturated carbocycles. The van der Waals surface area contributed by atoms with Crippen LogP contribution in [0.3, 0.4) is 0 Å². The lowest BCUT2D eigenvalue weighted by Crippen LogP contribution is -2.34. The van der Waals surface area contributed by atoms with E-state index in [0.717, 1.165) is 45.9 Å². The zero-order chi connectivity index (χ0) is 18.3. The molecule has 134 valence electrons. The van der Waals surface area contributed by atoms with Crippen molar-refractivity contribution in [2.75, 3.05) is 17.1 Å². The number of nitrogens with zero attached hydrogens (tertiary/aromatic N) is 2. The predicted molar refractivity (Wildman–Crippen MR) is 105 cm³/mol. The molecule has 0 saturated heterocycles. The summed E-state index contributed by atoms with van der Waals surface area (Å²) in [7, 11) is -3.26. The molecule has 0 bridgehead atoms. The summed E-state index contributed by atoms with van der Waals surface area (Å²) in [6.07, 6.45) is 2.92. The molecule has 0 aliphatic carbocycles. The quantitative estimate of drug-likeness (QED) is 0.741. The first-order chi connectivity index (χ1) is 12.4. The molecule has 1 aromatic heterocycles. The van der Waals surface area contributed by atoms with Gasteiger partial charge in [0.1, 0.15) is 10.8 Å². The summed E-state index contributed by atoms with van der Waals surface area (Å²) in [5.74, 6) is 0.217. The van der Waals surface area contributed by atoms with E-state index in [1.54, 1.807) is 18.2 Å². The largest absolute Gasteiger partial charge is 0.508 e. The maximum atomic E-state index is 12.0. The van der Waals surface area contributed by atoms with Crippen LogP contribution in [0.5, 0.6) is 5.75 Å². The summed E-state index contributed by atoms with van der Waals surface area (Å²) in [4.78, 5) is 4.68. The first-order valence-electron chi connectivity index (χ1n) is 8.28. The molecule has 0 unspecified atom stereocenters. The summed E-state index contributed by atoms with van der Waals surface area (Å²) < 4.78 is 25.5. The van der Waals surface area contributed by atoms with Crippen molar-refractivity contribution in [1.29, 1.82) is 0 Å². The number of aryl methyl sites for hydroxylation is 1. The zero-order valence-electron chi connectivity index (χ0n) is 14.2. The predicted octanol–water partition coefficient (Wildman–Crippen LogP) is 3.89. The second-order valence-electron chi connectivity index (χ2n) is 6.37. The molecule has 3 aromatic rings. The molecule has 0 radical (unpaired) electrons. The highest BCUT2D eigenvalue weighted by Gasteiger charge is 2.24. The molecule has 1 N–H and O–H groups in total. The summed E-state index contributed by atoms with van der Waals surface area (Å²) in [5.41, 5.74) is 4.51. The van der Waals surface area contributed by atoms with E-state index in [1.807, 2.05) is 29.6 Å². The molecule has 7 heteroatoms. The molecular weight excluding hydrogens is 368 g/mol. The second kappa shape index (κ2) is 6.41. The first-order valence-corrected chi connectivity index (χ1v) is 11.0. The monoisotopic (exact) mass is 386 g/mol. The van der Waals surface area contributed by atoms with Gasteiger partial charge >= 0.3 is 0 Å². The van der Waals surface area contributed by atoms with Gasteiger partial charge in [0, 0.05) is 23.1 Å². The molecule has 0 amide bonds. The molecule has 1 aliphatic heterocycles. The number of benzene rings is 2. The van der Waals surface area contributed by atoms with E-state index in [0.29, 0.717) is 6.54 Å². The molecule has 2 aromatic carbocycles. The summed E-state index contributed by atoms with van der Waals surface area (Å²) in [5, 5.41) is 12.5. The van der Waals surface area contributed by atoms with E-state index in [2.05, 4.69) is 4.98 Å². The fraction of sp³-hybridized carbons (Fsp3) is 0.211. The third-order valence-electron chi connectivity index (χ3n) is 4.45. The van der Waals surface area contributed by atoms with Crippen LogP contribution in [-0.4, -0.2) is 31.3 Å². The van der Waals surface area contributed by atoms with Crippen molar-refractivity contribution in [2.24, 2.45) is 0 Å². The van der Waals surface area contributed by atoms with Crippen molar-refractivity contribution in [3.8, 4) is 27.6 Å². The third kappa shape index (κ3) is 3.20. The Labute approximate surface area is 156 Å². The molecule has 26 heavy (non-hydrogen) atoms. The average Bonchev–Trinajstić information content (AvgIpc) is 3.10. The smallest absolute Gasteiger partial charge is 0.232 e. The number of sulfonamides is 1. The molecule has 2 heterocycles. The number of anilines is 1. The molecule has 4 rings (SSSR count). The van der Waals surface area contributed by atoms with Gasteiger partial charge in [-0.25, -0.2) is 13.4 Å². The van der Waals surface area contributed by atoms with E-state index in [4.69, 9.17) is 0 Å². The third-order valence-corrected chi connectivity index (χ3v) is 6.52. The molecule has 1 aliphatic rings. The van der Waals surface area contributed by atoms with Crippen molar-refractivity contribution >= 4 is 27.0 Å². The van der Waals surface area contributed by atoms with Crippen LogP contribution in [-0.2, 0) is 16.4 Å². The number of phenolic OH excluding ortho intramolecular Hbond substituents is 1. The first kappa shape index (κ1) is 17.1. The van der Waals surface area contributed by atoms with Crippen molar-refractivity contribution < 1.29 is 13.5 Å². The number of aromatic nitrogens is 1. The lowest BCUT2D eigenvalue weighted by molar-refractivity contribution is 0.475. The maximum Gasteiger partial charge on any atom is 0.232 e. The van der Waals surface area contributed by atoms with Gasteiger partial charge in [0.15, 0.2) is 0 Å². The van der Waals surface area contributed by atoms with Gasteiger partial charge in [0.2, 0.25) is 10.0 Å². The molecular formula is C19H18N2O3S2. The number of phenols is 1. The number of hydrogen-bond donors (Lipinski definition) is 1. The van der Waals surface area contributed by atoms with Crippen LogP contribution in [0.15, 0.2) is 47.8 Å². The fourth-order valence-electron chi connectivity index (χ4n) is 3.24. The van der Waals surface area contributed by atoms with Crippen molar-refractivity contribution in [2.45, 2.75) is 12.8 Å². The average molecular weight is 386 g/mol. The molecule has 0 fully saturated rings. The molecule has 0 atom stereocenters. The van der Waals surface area contributed by atoms with Crippen LogP contribution < -0.4 is 4.31 Å². The Morgan fingerprint density at radius 1 is 1.15 bits per heavy atom. The minimum Gasteiger partial charge on any atom is -0.508 e. The van der Waals surface area contributed by atoms with Gasteiger partial charge in [0.25, 0.3) is 0 Å². The van der Waals surface area contributed by atoms with Crippen molar-refractivity contribution in [1.82, 2.24) is 4.98 Å². The summed E-state index contributed by atoms with van der Waals surface area (Å²) in [6.45, 7) is 0.531. The van der Waals surface area contributed by atoms with E-state index >= 15 is 0 Å². The Kier molecular flexibility index (Phi) is 4.20. The Morgan fingerprint density at radius 3 is 2.77 bits per heavy atom. The van der Waals surface area contributed by atoms with Crippen molar-refractivity contribution in [3.63, 3.8) is 0 Å². The zero-order valence-corrected chi connectivity index (χ0v) is 15.8. The molecule has 0 spiro atoms. The second-order valence-corrected chi connectivity index (χ2v) is 9.14. The van der Waals surface area contributed by atoms with Crippen LogP contribution in [0.4, 0.5) is 5.69 Å². The Bertz CT molecular complexity index is 1070. The van der Waals surface area contributed by atoms with Gasteiger partial charge < -0.3 is 5.11 Å². The van der Waals surface area contributed by atoms with Crippen LogP contribution >= 0.6 is 11.3 Å². The standard InChI is InChI=1S/C19H18N2O3S2/c1-26(23,24)21-9-3-5-14-10-13(7-8-18(14)21)17-12-25-19(20-17)15-4-2-6-16(22)11-15/h2,4,6-8,10-12,22H,3,5,9H2,1H3. The Morgan fingerprint density at radius 2 is 2.00 bits per heavy atom. The highest BCUT2D eigenvalue weighted by atomic mass is 32.2. The lowest BCUT2D eigenvalue weighted by Gasteiger charge is -2.29. The number of hydrogen-bond acceptors (Lipinski definition) is 5. The van der Waals surface area contributed by atoms with E-state index in [9.17, 15) is 13.5 Å². The SMILES string of the molecule is CS(=O)(=O)N1CCCc2cc(-c3csc(-c4cccc(O)c4)n3)ccc21. The van der Waals surface area contributed by atoms with Crippen molar-refractivity contribution in [3.05, 3.63) is 53.4 Å². The minimum absolute atomic E-state index is 0.217. The highest BCUT2D eigenvalue weighted by molar-refractivity contribution is 7.92. The number of fused-ring (bicyclic) bond motifs is 1. The Balaban J connectivity index is 1.70. The van der Waals surface area contributed by atoms with Crippen LogP contribution in [0.2, 0.25) is 0 Å². The van der Waals surface area contributed by atoms with Gasteiger partial charge in [-0.1, -0.05) is 18.2 Å². The summed E-state index contributed by atoms with van der Waals surface area (Å²) in [6, 6.07) is 12.9. The maximum absolute atomic E-state index is 12.0. The van der Waals surface area contributed by atoms with Crippen LogP contribution in [0.25, 0.3) is 21.8 Å². The van der Waals surface area contributed by atoms with Crippen LogP contribution in [0.1, 0.15) is 12.0 Å². The van der Waals surface area contributed by atoms with E-state index < -0.39 is 10.0 Å². The number of rotatable bonds is 3. The van der Waals surface area contributed by atoms with Gasteiger partial charge in [-0.2, -0.15) is 0 Å². The van der Waals surface area contributed by atoms with Gasteiger partial charge in [-0.3, -0.25) is 4.31 Å². The fourth-order valence-corrected chi connectivity index (χ4v) is 5.07. The number of thiazole rings is 1. The van der Waals surface area contributed by atoms with Gasteiger partial charge in [-0.05, 0) is 42.7 Å². The van der Waals surface area contributed by atoms with E-state index in [-0.39, 0.29) is 5.75 Å². The van der Waals surface area contributed by atoms with Gasteiger partial charge in [0.05, 0.1) is 17.6 Å². The van der Waals surface area contributed by atoms with E-state index in [1.165, 1.54) is 21.9 Å². The topological polar surface area (TPSA) is 70.5 Å². The normalized spacial score (nSPS) is 14.3. The Hall–Kier alpha value is -2.38.